The van der Waals surface area contributed by atoms with Crippen LogP contribution < -0.4 is 4.74 Å². The fourth-order valence-electron chi connectivity index (χ4n) is 1.01. The van der Waals surface area contributed by atoms with Crippen LogP contribution in [0.1, 0.15) is 5.69 Å². The molecule has 0 saturated carbocycles. The Balaban J connectivity index is 2.20. The second-order valence-corrected chi connectivity index (χ2v) is 2.68. The van der Waals surface area contributed by atoms with Crippen molar-refractivity contribution >= 4 is 0 Å². The quantitative estimate of drug-likeness (QED) is 0.756. The molecule has 0 aliphatic carbocycles. The van der Waals surface area contributed by atoms with Gasteiger partial charge in [0.25, 0.3) is 0 Å². The second-order valence-electron chi connectivity index (χ2n) is 2.68. The third kappa shape index (κ3) is 1.69. The monoisotopic (exact) mass is 173 g/mol. The highest BCUT2D eigenvalue weighted by molar-refractivity contribution is 5.30. The Bertz CT molecular complexity index is 381. The molecule has 0 fully saturated rings. The van der Waals surface area contributed by atoms with Crippen LogP contribution in [0.25, 0.3) is 0 Å². The first-order chi connectivity index (χ1) is 6.36. The topological polar surface area (TPSA) is 37.9 Å². The van der Waals surface area contributed by atoms with Gasteiger partial charge in [0.05, 0.1) is 0 Å². The van der Waals surface area contributed by atoms with Gasteiger partial charge < -0.3 is 4.74 Å². The molecule has 0 aliphatic rings. The number of nitrogens with zero attached hydrogens (tertiary/aromatic N) is 1. The summed E-state index contributed by atoms with van der Waals surface area (Å²) in [6.07, 6.45) is 2.80. The van der Waals surface area contributed by atoms with Gasteiger partial charge in [0.15, 0.2) is 5.75 Å². The molecule has 3 nitrogen and oxygen atoms in total. The Hall–Kier alpha value is -1.77. The van der Waals surface area contributed by atoms with Gasteiger partial charge in [-0.3, -0.25) is 5.10 Å². The van der Waals surface area contributed by atoms with Gasteiger partial charge in [-0.1, -0.05) is 18.2 Å². The first kappa shape index (κ1) is 7.86. The van der Waals surface area contributed by atoms with Crippen LogP contribution in [0.3, 0.4) is 0 Å². The molecule has 0 atom stereocenters. The molecule has 0 bridgehead atoms. The fourth-order valence-corrected chi connectivity index (χ4v) is 1.01. The molecule has 1 N–H and O–H groups in total. The fraction of sp³-hybridized carbons (Fsp3) is 0.100. The maximum Gasteiger partial charge on any atom is 0.177 e. The average molecular weight is 173 g/mol. The van der Waals surface area contributed by atoms with Gasteiger partial charge in [-0.15, -0.1) is 0 Å². The molecular weight excluding hydrogens is 164 g/mol. The van der Waals surface area contributed by atoms with Crippen LogP contribution in [0.4, 0.5) is 0 Å². The first-order valence-electron chi connectivity index (χ1n) is 4.02. The predicted molar refractivity (Wildman–Crippen MR) is 48.7 cm³/mol. The third-order valence-electron chi connectivity index (χ3n) is 1.68. The van der Waals surface area contributed by atoms with E-state index in [4.69, 9.17) is 4.74 Å². The Labute approximate surface area is 76.4 Å². The molecule has 3 heteroatoms. The summed E-state index contributed by atoms with van der Waals surface area (Å²) in [5, 5.41) is 6.53. The van der Waals surface area contributed by atoms with E-state index in [-0.39, 0.29) is 0 Å². The molecule has 0 saturated heterocycles. The molecule has 13 heavy (non-hydrogen) atoms. The van der Waals surface area contributed by atoms with Gasteiger partial charge in [0.1, 0.15) is 17.6 Å². The first-order valence-corrected chi connectivity index (χ1v) is 4.02. The minimum Gasteiger partial charge on any atom is -0.453 e. The Morgan fingerprint density at radius 1 is 1.31 bits per heavy atom. The maximum atomic E-state index is 5.50. The molecule has 2 aromatic rings. The normalized spacial score (nSPS) is 9.92. The largest absolute Gasteiger partial charge is 0.453 e. The van der Waals surface area contributed by atoms with Gasteiger partial charge in [-0.05, 0) is 19.1 Å². The van der Waals surface area contributed by atoms with Crippen molar-refractivity contribution in [3.8, 4) is 11.5 Å². The molecular formula is C10H9N2O. The number of benzene rings is 1. The highest BCUT2D eigenvalue weighted by Gasteiger charge is 2.02. The van der Waals surface area contributed by atoms with E-state index in [9.17, 15) is 0 Å². The average Bonchev–Trinajstić information content (AvgIpc) is 2.54. The number of aromatic amines is 1. The van der Waals surface area contributed by atoms with Crippen molar-refractivity contribution in [1.29, 1.82) is 0 Å². The number of para-hydroxylation sites is 1. The SMILES string of the molecule is Cc1n[nH][c]c1Oc1ccccc1. The number of hydrogen-bond acceptors (Lipinski definition) is 2. The molecule has 2 rings (SSSR count). The smallest absolute Gasteiger partial charge is 0.177 e. The molecule has 0 aliphatic heterocycles. The summed E-state index contributed by atoms with van der Waals surface area (Å²) in [7, 11) is 0. The summed E-state index contributed by atoms with van der Waals surface area (Å²) in [6, 6.07) is 9.56. The van der Waals surface area contributed by atoms with E-state index in [0.29, 0.717) is 5.75 Å². The van der Waals surface area contributed by atoms with Crippen molar-refractivity contribution in [3.05, 3.63) is 42.2 Å². The van der Waals surface area contributed by atoms with Crippen LogP contribution in [0.5, 0.6) is 11.5 Å². The summed E-state index contributed by atoms with van der Waals surface area (Å²) in [4.78, 5) is 0. The van der Waals surface area contributed by atoms with Crippen molar-refractivity contribution in [2.24, 2.45) is 0 Å². The third-order valence-corrected chi connectivity index (χ3v) is 1.68. The zero-order valence-electron chi connectivity index (χ0n) is 7.24. The second kappa shape index (κ2) is 3.31. The molecule has 1 heterocycles. The van der Waals surface area contributed by atoms with E-state index in [0.717, 1.165) is 11.4 Å². The van der Waals surface area contributed by atoms with Crippen LogP contribution in [0.2, 0.25) is 0 Å². The van der Waals surface area contributed by atoms with Crippen LogP contribution >= 0.6 is 0 Å². The molecule has 65 valence electrons. The molecule has 0 unspecified atom stereocenters. The Morgan fingerprint density at radius 2 is 2.08 bits per heavy atom. The van der Waals surface area contributed by atoms with Gasteiger partial charge >= 0.3 is 0 Å². The van der Waals surface area contributed by atoms with E-state index in [2.05, 4.69) is 16.4 Å². The van der Waals surface area contributed by atoms with E-state index in [1.54, 1.807) is 0 Å². The standard InChI is InChI=1S/C10H9N2O/c1-8-10(7-11-12-8)13-9-5-3-2-4-6-9/h2-6H,1H3,(H,11,12). The van der Waals surface area contributed by atoms with Gasteiger partial charge in [0.2, 0.25) is 0 Å². The number of H-pyrrole nitrogens is 1. The van der Waals surface area contributed by atoms with Gasteiger partial charge in [-0.25, -0.2) is 0 Å². The number of hydrogen-bond donors (Lipinski definition) is 1. The number of aryl methyl sites for hydroxylation is 1. The van der Waals surface area contributed by atoms with E-state index in [1.807, 2.05) is 37.3 Å². The highest BCUT2D eigenvalue weighted by atomic mass is 16.5. The highest BCUT2D eigenvalue weighted by Crippen LogP contribution is 2.21. The minimum atomic E-state index is 0.645. The van der Waals surface area contributed by atoms with Crippen LogP contribution in [-0.2, 0) is 0 Å². The summed E-state index contributed by atoms with van der Waals surface area (Å²) >= 11 is 0. The lowest BCUT2D eigenvalue weighted by Crippen LogP contribution is -1.83. The Kier molecular flexibility index (Phi) is 2.00. The number of rotatable bonds is 2. The van der Waals surface area contributed by atoms with E-state index >= 15 is 0 Å². The zero-order valence-corrected chi connectivity index (χ0v) is 7.24. The van der Waals surface area contributed by atoms with Crippen molar-refractivity contribution in [2.75, 3.05) is 0 Å². The summed E-state index contributed by atoms with van der Waals surface area (Å²) in [5.74, 6) is 1.44. The molecule has 1 aromatic carbocycles. The molecule has 1 aromatic heterocycles. The summed E-state index contributed by atoms with van der Waals surface area (Å²) < 4.78 is 5.50. The number of nitrogens with one attached hydrogen (secondary N) is 1. The van der Waals surface area contributed by atoms with Gasteiger partial charge in [0, 0.05) is 0 Å². The summed E-state index contributed by atoms with van der Waals surface area (Å²) in [5.41, 5.74) is 0.809. The van der Waals surface area contributed by atoms with Crippen LogP contribution in [-0.4, -0.2) is 10.2 Å². The Morgan fingerprint density at radius 3 is 2.69 bits per heavy atom. The van der Waals surface area contributed by atoms with Gasteiger partial charge in [-0.2, -0.15) is 5.10 Å². The lowest BCUT2D eigenvalue weighted by molar-refractivity contribution is 0.478. The van der Waals surface area contributed by atoms with Crippen molar-refractivity contribution < 1.29 is 4.74 Å². The van der Waals surface area contributed by atoms with Crippen molar-refractivity contribution in [2.45, 2.75) is 6.92 Å². The lowest BCUT2D eigenvalue weighted by atomic mass is 10.3. The predicted octanol–water partition coefficient (Wildman–Crippen LogP) is 2.31. The zero-order chi connectivity index (χ0) is 9.10. The summed E-state index contributed by atoms with van der Waals surface area (Å²) in [6.45, 7) is 1.87. The molecule has 1 radical (unpaired) electrons. The van der Waals surface area contributed by atoms with Crippen molar-refractivity contribution in [3.63, 3.8) is 0 Å². The lowest BCUT2D eigenvalue weighted by Gasteiger charge is -2.01. The molecule has 0 spiro atoms. The number of aromatic nitrogens is 2. The maximum absolute atomic E-state index is 5.50. The van der Waals surface area contributed by atoms with E-state index in [1.165, 1.54) is 0 Å². The van der Waals surface area contributed by atoms with Crippen LogP contribution in [0, 0.1) is 13.1 Å². The van der Waals surface area contributed by atoms with E-state index < -0.39 is 0 Å². The minimum absolute atomic E-state index is 0.645. The molecule has 0 amide bonds. The van der Waals surface area contributed by atoms with Crippen LogP contribution in [0.15, 0.2) is 30.3 Å². The van der Waals surface area contributed by atoms with Crippen molar-refractivity contribution in [1.82, 2.24) is 10.2 Å². The number of ether oxygens (including phenoxy) is 1.